The molecule has 3 rings (SSSR count). The summed E-state index contributed by atoms with van der Waals surface area (Å²) in [5, 5.41) is 23.1. The van der Waals surface area contributed by atoms with Gasteiger partial charge in [0, 0.05) is 5.02 Å². The van der Waals surface area contributed by atoms with Gasteiger partial charge in [-0.05, 0) is 42.0 Å². The largest absolute Gasteiger partial charge is 0.484 e. The van der Waals surface area contributed by atoms with Crippen molar-refractivity contribution in [1.82, 2.24) is 5.01 Å². The van der Waals surface area contributed by atoms with Gasteiger partial charge in [0.2, 0.25) is 0 Å². The highest BCUT2D eigenvalue weighted by Crippen LogP contribution is 2.41. The van der Waals surface area contributed by atoms with Crippen LogP contribution < -0.4 is 4.74 Å². The lowest BCUT2D eigenvalue weighted by Crippen LogP contribution is -2.57. The van der Waals surface area contributed by atoms with E-state index in [2.05, 4.69) is 5.10 Å². The first-order chi connectivity index (χ1) is 13.6. The van der Waals surface area contributed by atoms with E-state index in [1.165, 1.54) is 48.5 Å². The summed E-state index contributed by atoms with van der Waals surface area (Å²) in [6, 6.07) is 13.4. The van der Waals surface area contributed by atoms with Crippen LogP contribution in [0.5, 0.6) is 5.75 Å². The molecule has 29 heavy (non-hydrogen) atoms. The van der Waals surface area contributed by atoms with Crippen molar-refractivity contribution >= 4 is 23.2 Å². The van der Waals surface area contributed by atoms with Crippen LogP contribution in [0.3, 0.4) is 0 Å². The van der Waals surface area contributed by atoms with Crippen LogP contribution in [0.1, 0.15) is 17.5 Å². The molecule has 0 aromatic heterocycles. The van der Waals surface area contributed by atoms with Crippen molar-refractivity contribution in [1.29, 1.82) is 5.26 Å². The Morgan fingerprint density at radius 3 is 2.41 bits per heavy atom. The third kappa shape index (κ3) is 4.18. The molecule has 1 N–H and O–H groups in total. The van der Waals surface area contributed by atoms with Gasteiger partial charge in [-0.25, -0.2) is 0 Å². The second kappa shape index (κ2) is 7.73. The summed E-state index contributed by atoms with van der Waals surface area (Å²) >= 11 is 5.78. The Balaban J connectivity index is 1.82. The zero-order valence-electron chi connectivity index (χ0n) is 14.7. The first kappa shape index (κ1) is 20.6. The van der Waals surface area contributed by atoms with Crippen molar-refractivity contribution in [3.05, 3.63) is 64.7 Å². The van der Waals surface area contributed by atoms with E-state index in [9.17, 15) is 23.1 Å². The summed E-state index contributed by atoms with van der Waals surface area (Å²) in [6.45, 7) is -0.790. The maximum Gasteiger partial charge on any atom is 0.438 e. The number of carbonyl (C=O) groups excluding carboxylic acids is 1. The minimum atomic E-state index is -5.14. The number of ether oxygens (including phenoxy) is 1. The summed E-state index contributed by atoms with van der Waals surface area (Å²) in [4.78, 5) is 12.4. The first-order valence-electron chi connectivity index (χ1n) is 8.22. The molecule has 0 bridgehead atoms. The fraction of sp³-hybridized carbons (Fsp3) is 0.211. The number of nitrogens with zero attached hydrogens (tertiary/aromatic N) is 3. The quantitative estimate of drug-likeness (QED) is 0.815. The van der Waals surface area contributed by atoms with Crippen LogP contribution in [0.15, 0.2) is 53.6 Å². The molecule has 1 atom stereocenters. The lowest BCUT2D eigenvalue weighted by molar-refractivity contribution is -0.302. The molecule has 0 saturated heterocycles. The molecule has 2 aromatic rings. The van der Waals surface area contributed by atoms with Gasteiger partial charge in [0.1, 0.15) is 5.75 Å². The Morgan fingerprint density at radius 2 is 1.86 bits per heavy atom. The number of hydrogen-bond donors (Lipinski definition) is 1. The first-order valence-corrected chi connectivity index (χ1v) is 8.60. The second-order valence-corrected chi connectivity index (χ2v) is 6.61. The van der Waals surface area contributed by atoms with E-state index in [4.69, 9.17) is 21.6 Å². The van der Waals surface area contributed by atoms with Crippen molar-refractivity contribution in [3.8, 4) is 11.8 Å². The number of halogens is 4. The lowest BCUT2D eigenvalue weighted by atomic mass is 10.0. The topological polar surface area (TPSA) is 85.9 Å². The van der Waals surface area contributed by atoms with Crippen LogP contribution >= 0.6 is 11.6 Å². The predicted octanol–water partition coefficient (Wildman–Crippen LogP) is 3.48. The third-order valence-corrected chi connectivity index (χ3v) is 4.45. The summed E-state index contributed by atoms with van der Waals surface area (Å²) in [5.41, 5.74) is -2.96. The van der Waals surface area contributed by atoms with Gasteiger partial charge in [-0.15, -0.1) is 0 Å². The highest BCUT2D eigenvalue weighted by molar-refractivity contribution is 6.30. The summed E-state index contributed by atoms with van der Waals surface area (Å²) in [7, 11) is 0. The maximum atomic E-state index is 13.5. The number of hydrogen-bond acceptors (Lipinski definition) is 5. The molecule has 6 nitrogen and oxygen atoms in total. The molecule has 1 heterocycles. The smallest absolute Gasteiger partial charge is 0.438 e. The van der Waals surface area contributed by atoms with Gasteiger partial charge >= 0.3 is 6.18 Å². The summed E-state index contributed by atoms with van der Waals surface area (Å²) in [6.07, 6.45) is -6.07. The summed E-state index contributed by atoms with van der Waals surface area (Å²) < 4.78 is 45.8. The number of nitriles is 1. The van der Waals surface area contributed by atoms with Gasteiger partial charge in [-0.3, -0.25) is 4.79 Å². The molecule has 2 aromatic carbocycles. The average Bonchev–Trinajstić information content (AvgIpc) is 3.06. The van der Waals surface area contributed by atoms with E-state index in [0.717, 1.165) is 0 Å². The Kier molecular flexibility index (Phi) is 5.50. The van der Waals surface area contributed by atoms with E-state index in [1.54, 1.807) is 0 Å². The van der Waals surface area contributed by atoms with Crippen LogP contribution in [0.25, 0.3) is 0 Å². The van der Waals surface area contributed by atoms with Gasteiger partial charge in [0.05, 0.1) is 23.8 Å². The SMILES string of the molecule is N#Cc1ccc(OCC(=O)N2N=C(c3ccc(Cl)cc3)C[C@]2(O)C(F)(F)F)cc1. The normalized spacial score (nSPS) is 18.9. The number of rotatable bonds is 4. The van der Waals surface area contributed by atoms with Crippen LogP contribution in [0.4, 0.5) is 13.2 Å². The van der Waals surface area contributed by atoms with Crippen molar-refractivity contribution in [3.63, 3.8) is 0 Å². The van der Waals surface area contributed by atoms with Crippen molar-refractivity contribution in [2.75, 3.05) is 6.61 Å². The predicted molar refractivity (Wildman–Crippen MR) is 97.1 cm³/mol. The van der Waals surface area contributed by atoms with Crippen LogP contribution in [0.2, 0.25) is 5.02 Å². The molecule has 0 saturated carbocycles. The second-order valence-electron chi connectivity index (χ2n) is 6.18. The number of alkyl halides is 3. The zero-order chi connectivity index (χ0) is 21.2. The molecule has 1 amide bonds. The maximum absolute atomic E-state index is 13.5. The molecule has 1 aliphatic rings. The molecule has 10 heteroatoms. The van der Waals surface area contributed by atoms with Crippen LogP contribution in [0, 0.1) is 11.3 Å². The Morgan fingerprint density at radius 1 is 1.24 bits per heavy atom. The average molecular weight is 424 g/mol. The fourth-order valence-corrected chi connectivity index (χ4v) is 2.79. The molecule has 0 fully saturated rings. The monoisotopic (exact) mass is 423 g/mol. The van der Waals surface area contributed by atoms with Gasteiger partial charge < -0.3 is 9.84 Å². The molecular formula is C19H13ClF3N3O3. The van der Waals surface area contributed by atoms with Crippen LogP contribution in [-0.2, 0) is 4.79 Å². The minimum absolute atomic E-state index is 0.000584. The minimum Gasteiger partial charge on any atom is -0.484 e. The Hall–Kier alpha value is -3.09. The van der Waals surface area contributed by atoms with E-state index in [-0.39, 0.29) is 16.5 Å². The lowest BCUT2D eigenvalue weighted by Gasteiger charge is -2.32. The van der Waals surface area contributed by atoms with E-state index < -0.39 is 30.8 Å². The number of amides is 1. The van der Waals surface area contributed by atoms with Crippen molar-refractivity contribution in [2.45, 2.75) is 18.3 Å². The fourth-order valence-electron chi connectivity index (χ4n) is 2.66. The van der Waals surface area contributed by atoms with Gasteiger partial charge in [0.15, 0.2) is 6.61 Å². The molecule has 0 unspecified atom stereocenters. The third-order valence-electron chi connectivity index (χ3n) is 4.20. The number of aliphatic hydroxyl groups is 1. The highest BCUT2D eigenvalue weighted by atomic mass is 35.5. The van der Waals surface area contributed by atoms with E-state index in [1.807, 2.05) is 6.07 Å². The number of carbonyl (C=O) groups is 1. The van der Waals surface area contributed by atoms with E-state index >= 15 is 0 Å². The molecule has 0 spiro atoms. The van der Waals surface area contributed by atoms with Crippen LogP contribution in [-0.4, -0.2) is 40.2 Å². The van der Waals surface area contributed by atoms with Gasteiger partial charge in [-0.1, -0.05) is 23.7 Å². The van der Waals surface area contributed by atoms with E-state index in [0.29, 0.717) is 16.1 Å². The van der Waals surface area contributed by atoms with Crippen molar-refractivity contribution in [2.24, 2.45) is 5.10 Å². The van der Waals surface area contributed by atoms with Gasteiger partial charge in [0.25, 0.3) is 11.6 Å². The molecule has 0 aliphatic carbocycles. The zero-order valence-corrected chi connectivity index (χ0v) is 15.4. The molecule has 150 valence electrons. The Labute approximate surface area is 168 Å². The number of benzene rings is 2. The summed E-state index contributed by atoms with van der Waals surface area (Å²) in [5.74, 6) is -1.01. The standard InChI is InChI=1S/C19H13ClF3N3O3/c20-14-5-3-13(4-6-14)16-9-18(28,19(21,22)23)26(25-16)17(27)11-29-15-7-1-12(10-24)2-8-15/h1-8,28H,9,11H2/t18-/m0/s1. The number of hydrazone groups is 1. The van der Waals surface area contributed by atoms with Gasteiger partial charge in [-0.2, -0.15) is 28.5 Å². The van der Waals surface area contributed by atoms with Crippen molar-refractivity contribution < 1.29 is 27.8 Å². The Bertz CT molecular complexity index is 985. The molecule has 0 radical (unpaired) electrons. The molecule has 1 aliphatic heterocycles. The highest BCUT2D eigenvalue weighted by Gasteiger charge is 2.63. The molecular weight excluding hydrogens is 411 g/mol.